The third-order valence-corrected chi connectivity index (χ3v) is 3.63. The van der Waals surface area contributed by atoms with E-state index in [0.717, 1.165) is 5.82 Å². The van der Waals surface area contributed by atoms with Crippen molar-refractivity contribution < 1.29 is 0 Å². The number of nitrogens with one attached hydrogen (secondary N) is 1. The predicted molar refractivity (Wildman–Crippen MR) is 67.6 cm³/mol. The maximum Gasteiger partial charge on any atom is 0.133 e. The number of pyridine rings is 1. The fourth-order valence-electron chi connectivity index (χ4n) is 1.64. The second kappa shape index (κ2) is 4.94. The average molecular weight is 244 g/mol. The number of aromatic nitrogens is 1. The van der Waals surface area contributed by atoms with Crippen LogP contribution in [-0.2, 0) is 0 Å². The first-order valence-electron chi connectivity index (χ1n) is 5.01. The Hall–Kier alpha value is -0.610. The van der Waals surface area contributed by atoms with Crippen molar-refractivity contribution in [2.45, 2.75) is 18.9 Å². The van der Waals surface area contributed by atoms with Gasteiger partial charge in [-0.1, -0.05) is 11.6 Å². The van der Waals surface area contributed by atoms with E-state index >= 15 is 0 Å². The molecule has 0 amide bonds. The lowest BCUT2D eigenvalue weighted by molar-refractivity contribution is 0.664. The van der Waals surface area contributed by atoms with E-state index in [4.69, 9.17) is 17.3 Å². The standard InChI is InChI=1S/C10H14ClN3S/c11-9-5-7(12)6-10(14-9)13-8-1-3-15-4-2-8/h5-6,8H,1-4H2,(H3,12,13,14). The minimum atomic E-state index is 0.447. The molecule has 0 atom stereocenters. The van der Waals surface area contributed by atoms with E-state index in [-0.39, 0.29) is 0 Å². The molecule has 1 aromatic heterocycles. The summed E-state index contributed by atoms with van der Waals surface area (Å²) in [7, 11) is 0. The molecule has 82 valence electrons. The van der Waals surface area contributed by atoms with Gasteiger partial charge in [-0.15, -0.1) is 0 Å². The van der Waals surface area contributed by atoms with E-state index in [2.05, 4.69) is 10.3 Å². The van der Waals surface area contributed by atoms with Crippen LogP contribution in [0.15, 0.2) is 12.1 Å². The molecule has 5 heteroatoms. The number of nitrogens with two attached hydrogens (primary N) is 1. The number of rotatable bonds is 2. The molecule has 0 aliphatic carbocycles. The van der Waals surface area contributed by atoms with Crippen molar-refractivity contribution in [1.29, 1.82) is 0 Å². The van der Waals surface area contributed by atoms with Gasteiger partial charge in [0.1, 0.15) is 11.0 Å². The monoisotopic (exact) mass is 243 g/mol. The van der Waals surface area contributed by atoms with Gasteiger partial charge in [-0.05, 0) is 30.4 Å². The second-order valence-corrected chi connectivity index (χ2v) is 5.25. The van der Waals surface area contributed by atoms with Crippen LogP contribution in [-0.4, -0.2) is 22.5 Å². The van der Waals surface area contributed by atoms with E-state index < -0.39 is 0 Å². The summed E-state index contributed by atoms with van der Waals surface area (Å²) < 4.78 is 0. The van der Waals surface area contributed by atoms with Gasteiger partial charge in [-0.25, -0.2) is 4.98 Å². The van der Waals surface area contributed by atoms with Crippen molar-refractivity contribution in [3.05, 3.63) is 17.3 Å². The zero-order chi connectivity index (χ0) is 10.7. The van der Waals surface area contributed by atoms with Crippen molar-refractivity contribution in [3.8, 4) is 0 Å². The van der Waals surface area contributed by atoms with Crippen LogP contribution < -0.4 is 11.1 Å². The number of nitrogen functional groups attached to an aromatic ring is 1. The summed E-state index contributed by atoms with van der Waals surface area (Å²) in [5.74, 6) is 3.22. The summed E-state index contributed by atoms with van der Waals surface area (Å²) >= 11 is 7.84. The highest BCUT2D eigenvalue weighted by Crippen LogP contribution is 2.22. The van der Waals surface area contributed by atoms with Gasteiger partial charge in [-0.2, -0.15) is 11.8 Å². The van der Waals surface area contributed by atoms with Gasteiger partial charge in [0.15, 0.2) is 0 Å². The molecule has 2 heterocycles. The third-order valence-electron chi connectivity index (χ3n) is 2.39. The molecule has 0 unspecified atom stereocenters. The minimum absolute atomic E-state index is 0.447. The van der Waals surface area contributed by atoms with Gasteiger partial charge in [0.25, 0.3) is 0 Å². The fraction of sp³-hybridized carbons (Fsp3) is 0.500. The molecule has 1 aromatic rings. The molecule has 0 spiro atoms. The Labute approximate surface area is 98.8 Å². The molecular weight excluding hydrogens is 230 g/mol. The average Bonchev–Trinajstić information content (AvgIpc) is 2.17. The molecule has 3 N–H and O–H groups in total. The van der Waals surface area contributed by atoms with Crippen molar-refractivity contribution in [3.63, 3.8) is 0 Å². The number of halogens is 1. The summed E-state index contributed by atoms with van der Waals surface area (Å²) in [6.45, 7) is 0. The molecule has 0 saturated carbocycles. The number of thioether (sulfide) groups is 1. The minimum Gasteiger partial charge on any atom is -0.399 e. The second-order valence-electron chi connectivity index (χ2n) is 3.64. The first-order valence-corrected chi connectivity index (χ1v) is 6.54. The summed E-state index contributed by atoms with van der Waals surface area (Å²) in [6.07, 6.45) is 2.36. The molecule has 0 radical (unpaired) electrons. The third kappa shape index (κ3) is 3.18. The molecule has 2 rings (SSSR count). The Morgan fingerprint density at radius 3 is 2.80 bits per heavy atom. The summed E-state index contributed by atoms with van der Waals surface area (Å²) in [5.41, 5.74) is 6.35. The van der Waals surface area contributed by atoms with Gasteiger partial charge >= 0.3 is 0 Å². The van der Waals surface area contributed by atoms with E-state index in [0.29, 0.717) is 16.9 Å². The molecule has 0 bridgehead atoms. The molecule has 1 aliphatic heterocycles. The van der Waals surface area contributed by atoms with Gasteiger partial charge in [-0.3, -0.25) is 0 Å². The Morgan fingerprint density at radius 1 is 1.40 bits per heavy atom. The van der Waals surface area contributed by atoms with Crippen LogP contribution in [0.25, 0.3) is 0 Å². The van der Waals surface area contributed by atoms with Crippen LogP contribution in [0.1, 0.15) is 12.8 Å². The summed E-state index contributed by atoms with van der Waals surface area (Å²) in [4.78, 5) is 4.20. The van der Waals surface area contributed by atoms with Gasteiger partial charge < -0.3 is 11.1 Å². The largest absolute Gasteiger partial charge is 0.399 e. The summed E-state index contributed by atoms with van der Waals surface area (Å²) in [5, 5.41) is 3.82. The van der Waals surface area contributed by atoms with E-state index in [9.17, 15) is 0 Å². The molecule has 1 fully saturated rings. The molecule has 15 heavy (non-hydrogen) atoms. The number of nitrogens with zero attached hydrogens (tertiary/aromatic N) is 1. The lowest BCUT2D eigenvalue weighted by Crippen LogP contribution is -2.25. The SMILES string of the molecule is Nc1cc(Cl)nc(NC2CCSCC2)c1. The van der Waals surface area contributed by atoms with Crippen molar-refractivity contribution in [2.75, 3.05) is 22.6 Å². The highest BCUT2D eigenvalue weighted by Gasteiger charge is 2.13. The first-order chi connectivity index (χ1) is 7.24. The van der Waals surface area contributed by atoms with E-state index in [1.807, 2.05) is 17.8 Å². The zero-order valence-corrected chi connectivity index (χ0v) is 9.94. The fourth-order valence-corrected chi connectivity index (χ4v) is 2.97. The normalized spacial score (nSPS) is 17.7. The maximum absolute atomic E-state index is 5.83. The van der Waals surface area contributed by atoms with E-state index in [1.54, 1.807) is 6.07 Å². The van der Waals surface area contributed by atoms with Crippen molar-refractivity contribution >= 4 is 34.9 Å². The van der Waals surface area contributed by atoms with Crippen LogP contribution in [0.5, 0.6) is 0 Å². The Morgan fingerprint density at radius 2 is 2.13 bits per heavy atom. The van der Waals surface area contributed by atoms with Crippen molar-refractivity contribution in [1.82, 2.24) is 4.98 Å². The van der Waals surface area contributed by atoms with Gasteiger partial charge in [0, 0.05) is 17.8 Å². The van der Waals surface area contributed by atoms with Gasteiger partial charge in [0.2, 0.25) is 0 Å². The zero-order valence-electron chi connectivity index (χ0n) is 8.37. The smallest absolute Gasteiger partial charge is 0.133 e. The quantitative estimate of drug-likeness (QED) is 0.785. The molecule has 0 aromatic carbocycles. The molecule has 1 saturated heterocycles. The molecule has 1 aliphatic rings. The maximum atomic E-state index is 5.83. The number of anilines is 2. The lowest BCUT2D eigenvalue weighted by Gasteiger charge is -2.23. The molecular formula is C10H14ClN3S. The van der Waals surface area contributed by atoms with Crippen LogP contribution >= 0.6 is 23.4 Å². The highest BCUT2D eigenvalue weighted by molar-refractivity contribution is 7.99. The van der Waals surface area contributed by atoms with Crippen LogP contribution in [0, 0.1) is 0 Å². The topological polar surface area (TPSA) is 50.9 Å². The number of hydrogen-bond acceptors (Lipinski definition) is 4. The van der Waals surface area contributed by atoms with Crippen LogP contribution in [0.4, 0.5) is 11.5 Å². The Kier molecular flexibility index (Phi) is 3.59. The van der Waals surface area contributed by atoms with Gasteiger partial charge in [0.05, 0.1) is 0 Å². The molecule has 3 nitrogen and oxygen atoms in total. The Bertz CT molecular complexity index is 319. The first kappa shape index (κ1) is 10.9. The van der Waals surface area contributed by atoms with Crippen LogP contribution in [0.3, 0.4) is 0 Å². The lowest BCUT2D eigenvalue weighted by atomic mass is 10.1. The predicted octanol–water partition coefficient (Wildman–Crippen LogP) is 2.62. The van der Waals surface area contributed by atoms with Crippen molar-refractivity contribution in [2.24, 2.45) is 0 Å². The van der Waals surface area contributed by atoms with Crippen LogP contribution in [0.2, 0.25) is 5.15 Å². The highest BCUT2D eigenvalue weighted by atomic mass is 35.5. The Balaban J connectivity index is 2.02. The van der Waals surface area contributed by atoms with E-state index in [1.165, 1.54) is 24.3 Å². The number of hydrogen-bond donors (Lipinski definition) is 2. The summed E-state index contributed by atoms with van der Waals surface area (Å²) in [6, 6.07) is 3.99.